The highest BCUT2D eigenvalue weighted by Crippen LogP contribution is 2.54. The summed E-state index contributed by atoms with van der Waals surface area (Å²) in [5.74, 6) is 1.14. The van der Waals surface area contributed by atoms with Crippen LogP contribution < -0.4 is 0 Å². The first-order valence-electron chi connectivity index (χ1n) is 17.1. The zero-order valence-corrected chi connectivity index (χ0v) is 27.4. The molecular formula is C46H29FN4. The molecule has 51 heavy (non-hydrogen) atoms. The molecule has 10 rings (SSSR count). The van der Waals surface area contributed by atoms with Crippen molar-refractivity contribution in [2.24, 2.45) is 0 Å². The van der Waals surface area contributed by atoms with E-state index in [1.807, 2.05) is 36.4 Å². The SMILES string of the molecule is Fc1cccc(-c2nc(-c3ccccc3)nc(-c3ccc(C4(c5ccccc5)c5ccccc5-n5c6ccccc6c6cccc4c65)cc3)n2)c1. The number of benzene rings is 7. The zero-order valence-electron chi connectivity index (χ0n) is 27.4. The summed E-state index contributed by atoms with van der Waals surface area (Å²) in [7, 11) is 0. The van der Waals surface area contributed by atoms with Crippen LogP contribution in [0.2, 0.25) is 0 Å². The quantitative estimate of drug-likeness (QED) is 0.185. The second-order valence-electron chi connectivity index (χ2n) is 12.9. The molecule has 4 nitrogen and oxygen atoms in total. The van der Waals surface area contributed by atoms with Gasteiger partial charge in [-0.1, -0.05) is 152 Å². The van der Waals surface area contributed by atoms with Crippen LogP contribution in [0.15, 0.2) is 176 Å². The zero-order chi connectivity index (χ0) is 33.9. The van der Waals surface area contributed by atoms with E-state index in [-0.39, 0.29) is 5.82 Å². The minimum absolute atomic E-state index is 0.340. The summed E-state index contributed by atoms with van der Waals surface area (Å²) in [4.78, 5) is 14.6. The van der Waals surface area contributed by atoms with Crippen LogP contribution in [0.25, 0.3) is 61.7 Å². The van der Waals surface area contributed by atoms with Crippen molar-refractivity contribution in [1.29, 1.82) is 0 Å². The number of rotatable bonds is 5. The molecule has 2 aromatic heterocycles. The van der Waals surface area contributed by atoms with Gasteiger partial charge in [-0.25, -0.2) is 19.3 Å². The Morgan fingerprint density at radius 3 is 1.75 bits per heavy atom. The lowest BCUT2D eigenvalue weighted by atomic mass is 9.63. The van der Waals surface area contributed by atoms with Crippen LogP contribution in [0.1, 0.15) is 22.3 Å². The van der Waals surface area contributed by atoms with E-state index in [0.717, 1.165) is 16.7 Å². The average molecular weight is 657 g/mol. The average Bonchev–Trinajstić information content (AvgIpc) is 3.54. The van der Waals surface area contributed by atoms with Gasteiger partial charge in [0.15, 0.2) is 17.5 Å². The molecule has 0 bridgehead atoms. The lowest BCUT2D eigenvalue weighted by Gasteiger charge is -2.41. The number of halogens is 1. The molecule has 1 aliphatic rings. The molecule has 0 aliphatic carbocycles. The molecule has 7 aromatic carbocycles. The predicted octanol–water partition coefficient (Wildman–Crippen LogP) is 10.8. The Morgan fingerprint density at radius 2 is 0.980 bits per heavy atom. The summed E-state index contributed by atoms with van der Waals surface area (Å²) < 4.78 is 16.8. The third-order valence-corrected chi connectivity index (χ3v) is 10.2. The Bertz CT molecular complexity index is 2760. The maximum atomic E-state index is 14.4. The van der Waals surface area contributed by atoms with Gasteiger partial charge in [-0.15, -0.1) is 0 Å². The topological polar surface area (TPSA) is 43.6 Å². The van der Waals surface area contributed by atoms with Crippen LogP contribution in [0, 0.1) is 5.82 Å². The molecule has 240 valence electrons. The molecule has 1 atom stereocenters. The number of hydrogen-bond donors (Lipinski definition) is 0. The van der Waals surface area contributed by atoms with Gasteiger partial charge >= 0.3 is 0 Å². The minimum atomic E-state index is -0.610. The lowest BCUT2D eigenvalue weighted by Crippen LogP contribution is -2.35. The Morgan fingerprint density at radius 1 is 0.431 bits per heavy atom. The van der Waals surface area contributed by atoms with Crippen molar-refractivity contribution in [3.05, 3.63) is 204 Å². The summed E-state index contributed by atoms with van der Waals surface area (Å²) >= 11 is 0. The highest BCUT2D eigenvalue weighted by Gasteiger charge is 2.45. The molecule has 0 N–H and O–H groups in total. The van der Waals surface area contributed by atoms with Gasteiger partial charge in [-0.05, 0) is 46.5 Å². The van der Waals surface area contributed by atoms with E-state index in [0.29, 0.717) is 23.0 Å². The highest BCUT2D eigenvalue weighted by molar-refractivity contribution is 6.12. The molecule has 0 saturated heterocycles. The predicted molar refractivity (Wildman–Crippen MR) is 202 cm³/mol. The second-order valence-corrected chi connectivity index (χ2v) is 12.9. The smallest absolute Gasteiger partial charge is 0.164 e. The van der Waals surface area contributed by atoms with Gasteiger partial charge in [-0.2, -0.15) is 0 Å². The van der Waals surface area contributed by atoms with Gasteiger partial charge < -0.3 is 4.57 Å². The summed E-state index contributed by atoms with van der Waals surface area (Å²) in [6.45, 7) is 0. The van der Waals surface area contributed by atoms with Gasteiger partial charge in [0, 0.05) is 27.5 Å². The molecule has 9 aromatic rings. The summed E-state index contributed by atoms with van der Waals surface area (Å²) in [6.07, 6.45) is 0. The molecule has 1 aliphatic heterocycles. The monoisotopic (exact) mass is 656 g/mol. The van der Waals surface area contributed by atoms with Crippen LogP contribution in [0.4, 0.5) is 4.39 Å². The van der Waals surface area contributed by atoms with Crippen LogP contribution in [0.5, 0.6) is 0 Å². The first-order valence-corrected chi connectivity index (χ1v) is 17.1. The molecule has 0 saturated carbocycles. The van der Waals surface area contributed by atoms with Gasteiger partial charge in [-0.3, -0.25) is 0 Å². The summed E-state index contributed by atoms with van der Waals surface area (Å²) in [6, 6.07) is 59.9. The molecule has 1 unspecified atom stereocenters. The largest absolute Gasteiger partial charge is 0.309 e. The van der Waals surface area contributed by atoms with Crippen molar-refractivity contribution in [3.8, 4) is 39.9 Å². The molecule has 0 amide bonds. The van der Waals surface area contributed by atoms with Crippen LogP contribution in [0.3, 0.4) is 0 Å². The van der Waals surface area contributed by atoms with Crippen LogP contribution in [-0.2, 0) is 5.41 Å². The number of fused-ring (bicyclic) bond motifs is 5. The third-order valence-electron chi connectivity index (χ3n) is 10.2. The standard InChI is InChI=1S/C46H29FN4/c47-35-18-11-15-32(29-35)45-49-43(30-13-3-1-4-14-30)48-44(50-45)31-25-27-34(28-26-31)46(33-16-5-2-6-17-33)38-21-8-10-24-41(38)51-40-23-9-7-19-36(40)37-20-12-22-39(46)42(37)51/h1-29H. The van der Waals surface area contributed by atoms with E-state index in [1.54, 1.807) is 6.07 Å². The Hall–Kier alpha value is -6.72. The molecular weight excluding hydrogens is 628 g/mol. The number of para-hydroxylation sites is 3. The third kappa shape index (κ3) is 4.41. The van der Waals surface area contributed by atoms with Crippen LogP contribution >= 0.6 is 0 Å². The van der Waals surface area contributed by atoms with E-state index in [9.17, 15) is 4.39 Å². The van der Waals surface area contributed by atoms with Crippen molar-refractivity contribution < 1.29 is 4.39 Å². The van der Waals surface area contributed by atoms with E-state index in [2.05, 4.69) is 126 Å². The first-order chi connectivity index (χ1) is 25.2. The molecule has 0 radical (unpaired) electrons. The number of hydrogen-bond acceptors (Lipinski definition) is 3. The van der Waals surface area contributed by atoms with Crippen LogP contribution in [-0.4, -0.2) is 19.5 Å². The van der Waals surface area contributed by atoms with E-state index >= 15 is 0 Å². The fourth-order valence-electron chi connectivity index (χ4n) is 8.03. The minimum Gasteiger partial charge on any atom is -0.309 e. The molecule has 5 heteroatoms. The van der Waals surface area contributed by atoms with Crippen molar-refractivity contribution in [2.45, 2.75) is 5.41 Å². The number of nitrogens with zero attached hydrogens (tertiary/aromatic N) is 4. The summed E-state index contributed by atoms with van der Waals surface area (Å²) in [5, 5.41) is 2.47. The van der Waals surface area contributed by atoms with Gasteiger partial charge in [0.25, 0.3) is 0 Å². The van der Waals surface area contributed by atoms with Crippen molar-refractivity contribution in [1.82, 2.24) is 19.5 Å². The Balaban J connectivity index is 1.22. The first kappa shape index (κ1) is 29.2. The fraction of sp³-hybridized carbons (Fsp3) is 0.0217. The van der Waals surface area contributed by atoms with Gasteiger partial charge in [0.1, 0.15) is 5.82 Å². The van der Waals surface area contributed by atoms with E-state index in [1.165, 1.54) is 56.3 Å². The second kappa shape index (κ2) is 11.4. The van der Waals surface area contributed by atoms with E-state index < -0.39 is 5.41 Å². The van der Waals surface area contributed by atoms with Gasteiger partial charge in [0.2, 0.25) is 0 Å². The van der Waals surface area contributed by atoms with Gasteiger partial charge in [0.05, 0.1) is 22.1 Å². The summed E-state index contributed by atoms with van der Waals surface area (Å²) in [5.41, 5.74) is 10.0. The normalized spacial score (nSPS) is 14.8. The maximum Gasteiger partial charge on any atom is 0.164 e. The Labute approximate surface area is 294 Å². The molecule has 3 heterocycles. The molecule has 0 spiro atoms. The lowest BCUT2D eigenvalue weighted by molar-refractivity contribution is 0.628. The molecule has 0 fully saturated rings. The van der Waals surface area contributed by atoms with Crippen molar-refractivity contribution in [2.75, 3.05) is 0 Å². The fourth-order valence-corrected chi connectivity index (χ4v) is 8.03. The Kier molecular flexibility index (Phi) is 6.55. The number of aromatic nitrogens is 4. The van der Waals surface area contributed by atoms with E-state index in [4.69, 9.17) is 15.0 Å². The maximum absolute atomic E-state index is 14.4. The highest BCUT2D eigenvalue weighted by atomic mass is 19.1. The van der Waals surface area contributed by atoms with Crippen molar-refractivity contribution in [3.63, 3.8) is 0 Å². The van der Waals surface area contributed by atoms with Crippen molar-refractivity contribution >= 4 is 21.8 Å².